The van der Waals surface area contributed by atoms with E-state index in [0.717, 1.165) is 0 Å². The Kier molecular flexibility index (Phi) is 11.1. The van der Waals surface area contributed by atoms with Crippen LogP contribution < -0.4 is 5.32 Å². The quantitative estimate of drug-likeness (QED) is 0.348. The lowest BCUT2D eigenvalue weighted by Gasteiger charge is -2.47. The van der Waals surface area contributed by atoms with E-state index >= 15 is 0 Å². The molecule has 0 aromatic heterocycles. The van der Waals surface area contributed by atoms with Gasteiger partial charge in [0.2, 0.25) is 0 Å². The van der Waals surface area contributed by atoms with Crippen molar-refractivity contribution in [3.63, 3.8) is 0 Å². The Morgan fingerprint density at radius 1 is 1.00 bits per heavy atom. The van der Waals surface area contributed by atoms with E-state index in [0.29, 0.717) is 6.42 Å². The van der Waals surface area contributed by atoms with Crippen LogP contribution in [-0.4, -0.2) is 108 Å². The molecule has 3 heterocycles. The third-order valence-electron chi connectivity index (χ3n) is 9.77. The van der Waals surface area contributed by atoms with Crippen molar-refractivity contribution in [1.29, 1.82) is 0 Å². The van der Waals surface area contributed by atoms with Crippen molar-refractivity contribution in [3.8, 4) is 0 Å². The highest BCUT2D eigenvalue weighted by molar-refractivity contribution is 6.00. The first-order valence-corrected chi connectivity index (χ1v) is 15.4. The molecule has 13 atom stereocenters. The Morgan fingerprint density at radius 2 is 1.63 bits per heavy atom. The number of likely N-dealkylation sites (N-methyl/N-ethyl adjacent to an activating group) is 1. The number of nitrogens with zero attached hydrogens (tertiary/aromatic N) is 1. The Labute approximate surface area is 255 Å². The highest BCUT2D eigenvalue weighted by Gasteiger charge is 2.56. The minimum atomic E-state index is -1.34. The monoisotopic (exact) mass is 612 g/mol. The van der Waals surface area contributed by atoms with Gasteiger partial charge >= 0.3 is 12.1 Å². The molecule has 0 unspecified atom stereocenters. The molecule has 0 aromatic rings. The molecule has 0 aromatic carbocycles. The predicted molar refractivity (Wildman–Crippen MR) is 156 cm³/mol. The molecule has 3 rings (SSSR count). The summed E-state index contributed by atoms with van der Waals surface area (Å²) in [5.41, 5.74) is -2.56. The number of amides is 1. The van der Waals surface area contributed by atoms with Crippen molar-refractivity contribution in [3.05, 3.63) is 0 Å². The molecule has 12 heteroatoms. The molecular formula is C31H52N2O10. The van der Waals surface area contributed by atoms with E-state index in [1.54, 1.807) is 41.5 Å². The first-order valence-electron chi connectivity index (χ1n) is 15.4. The zero-order valence-corrected chi connectivity index (χ0v) is 27.5. The molecule has 246 valence electrons. The largest absolute Gasteiger partial charge is 0.458 e. The molecule has 0 spiro atoms. The number of alkyl carbamates (subject to hydrolysis) is 1. The molecule has 43 heavy (non-hydrogen) atoms. The fourth-order valence-corrected chi connectivity index (χ4v) is 7.07. The average Bonchev–Trinajstić information content (AvgIpc) is 3.25. The standard InChI is InChI=1S/C31H52N2O10/c1-12-39-30(8)14-15(2)22(34)17(4)25-31(9,43-29(38)32-25)20(7)41-27(37)19(6)23(35)18(5)26(30)42-28-24(36)21(33(10)11)13-16(3)40-28/h15-21,24-26,28,36H,12-14H2,1-11H3,(H,32,38)/t15-,16-,17+,18+,19-,20-,21+,24-,25-,26-,28+,30+,31-/m1/s1. The molecule has 0 aliphatic carbocycles. The van der Waals surface area contributed by atoms with E-state index in [2.05, 4.69) is 5.32 Å². The van der Waals surface area contributed by atoms with Gasteiger partial charge in [0.25, 0.3) is 0 Å². The van der Waals surface area contributed by atoms with Crippen LogP contribution in [0.15, 0.2) is 0 Å². The summed E-state index contributed by atoms with van der Waals surface area (Å²) in [6, 6.07) is -1.04. The normalized spacial score (nSPS) is 45.2. The number of aliphatic hydroxyl groups is 1. The van der Waals surface area contributed by atoms with Gasteiger partial charge in [-0.3, -0.25) is 14.4 Å². The number of carbonyl (C=O) groups is 4. The number of ether oxygens (including phenoxy) is 5. The number of ketones is 2. The molecule has 1 amide bonds. The Balaban J connectivity index is 2.10. The second-order valence-corrected chi connectivity index (χ2v) is 13.4. The first kappa shape index (κ1) is 35.4. The van der Waals surface area contributed by atoms with Gasteiger partial charge in [-0.05, 0) is 68.5 Å². The number of hydrogen-bond donors (Lipinski definition) is 2. The number of esters is 1. The van der Waals surface area contributed by atoms with E-state index in [4.69, 9.17) is 23.7 Å². The summed E-state index contributed by atoms with van der Waals surface area (Å²) in [5.74, 6) is -4.81. The van der Waals surface area contributed by atoms with Gasteiger partial charge in [-0.15, -0.1) is 0 Å². The average molecular weight is 613 g/mol. The minimum absolute atomic E-state index is 0.161. The van der Waals surface area contributed by atoms with Gasteiger partial charge in [-0.25, -0.2) is 4.79 Å². The summed E-state index contributed by atoms with van der Waals surface area (Å²) in [4.78, 5) is 55.5. The molecule has 12 nitrogen and oxygen atoms in total. The number of nitrogens with one attached hydrogen (secondary N) is 1. The Hall–Kier alpha value is -2.12. The smallest absolute Gasteiger partial charge is 0.408 e. The maximum absolute atomic E-state index is 13.9. The highest BCUT2D eigenvalue weighted by atomic mass is 16.7. The fraction of sp³-hybridized carbons (Fsp3) is 0.871. The minimum Gasteiger partial charge on any atom is -0.458 e. The lowest BCUT2D eigenvalue weighted by Crippen LogP contribution is -2.60. The summed E-state index contributed by atoms with van der Waals surface area (Å²) < 4.78 is 30.2. The van der Waals surface area contributed by atoms with Gasteiger partial charge in [0.1, 0.15) is 23.9 Å². The van der Waals surface area contributed by atoms with E-state index in [9.17, 15) is 24.3 Å². The van der Waals surface area contributed by atoms with Crippen molar-refractivity contribution in [2.45, 2.75) is 129 Å². The van der Waals surface area contributed by atoms with Crippen LogP contribution in [0.5, 0.6) is 0 Å². The van der Waals surface area contributed by atoms with Crippen molar-refractivity contribution in [2.75, 3.05) is 20.7 Å². The van der Waals surface area contributed by atoms with Crippen LogP contribution in [-0.2, 0) is 38.1 Å². The third kappa shape index (κ3) is 7.08. The van der Waals surface area contributed by atoms with Gasteiger partial charge in [0.05, 0.1) is 23.9 Å². The predicted octanol–water partition coefficient (Wildman–Crippen LogP) is 2.48. The fourth-order valence-electron chi connectivity index (χ4n) is 7.07. The number of fused-ring (bicyclic) bond motifs is 1. The summed E-state index contributed by atoms with van der Waals surface area (Å²) in [6.45, 7) is 15.6. The first-order chi connectivity index (χ1) is 19.9. The SMILES string of the molecule is CCO[C@@]1(C)C[C@@H](C)C(=O)[C@H](C)[C@H]2NC(=O)O[C@]2(C)[C@@H](C)OC(=O)[C@H](C)C(=O)[C@H](C)[C@H]1O[C@@H]1O[C@H](C)C[C@H](N(C)C)[C@H]1O. The molecule has 0 bridgehead atoms. The van der Waals surface area contributed by atoms with E-state index in [-0.39, 0.29) is 31.0 Å². The maximum Gasteiger partial charge on any atom is 0.408 e. The van der Waals surface area contributed by atoms with Crippen LogP contribution in [0.4, 0.5) is 4.79 Å². The molecule has 3 saturated heterocycles. The number of hydrogen-bond acceptors (Lipinski definition) is 11. The second kappa shape index (κ2) is 13.5. The number of Topliss-reactive ketones (excluding diaryl/α,β-unsaturated/α-hetero) is 2. The van der Waals surface area contributed by atoms with Gasteiger partial charge in [-0.1, -0.05) is 20.8 Å². The Bertz CT molecular complexity index is 1050. The number of aliphatic hydroxyl groups excluding tert-OH is 1. The molecule has 3 fully saturated rings. The molecule has 0 radical (unpaired) electrons. The molecule has 3 aliphatic rings. The summed E-state index contributed by atoms with van der Waals surface area (Å²) in [5, 5.41) is 14.0. The lowest BCUT2D eigenvalue weighted by atomic mass is 9.74. The van der Waals surface area contributed by atoms with Crippen molar-refractivity contribution < 1.29 is 48.0 Å². The summed E-state index contributed by atoms with van der Waals surface area (Å²) >= 11 is 0. The zero-order valence-electron chi connectivity index (χ0n) is 27.5. The van der Waals surface area contributed by atoms with Crippen LogP contribution in [0.3, 0.4) is 0 Å². The van der Waals surface area contributed by atoms with Gasteiger partial charge in [-0.2, -0.15) is 0 Å². The van der Waals surface area contributed by atoms with Gasteiger partial charge in [0.15, 0.2) is 17.7 Å². The summed E-state index contributed by atoms with van der Waals surface area (Å²) in [6.07, 6.45) is -4.29. The number of carbonyl (C=O) groups excluding carboxylic acids is 4. The van der Waals surface area contributed by atoms with Gasteiger partial charge in [0, 0.05) is 30.4 Å². The Morgan fingerprint density at radius 3 is 2.21 bits per heavy atom. The maximum atomic E-state index is 13.9. The van der Waals surface area contributed by atoms with E-state index in [1.165, 1.54) is 6.92 Å². The molecule has 2 N–H and O–H groups in total. The number of cyclic esters (lactones) is 1. The van der Waals surface area contributed by atoms with Crippen molar-refractivity contribution in [2.24, 2.45) is 23.7 Å². The number of rotatable bonds is 5. The second-order valence-electron chi connectivity index (χ2n) is 13.4. The zero-order chi connectivity index (χ0) is 32.6. The van der Waals surface area contributed by atoms with Crippen molar-refractivity contribution in [1.82, 2.24) is 10.2 Å². The molecular weight excluding hydrogens is 560 g/mol. The third-order valence-corrected chi connectivity index (χ3v) is 9.77. The van der Waals surface area contributed by atoms with Crippen LogP contribution >= 0.6 is 0 Å². The van der Waals surface area contributed by atoms with Crippen LogP contribution in [0.2, 0.25) is 0 Å². The summed E-state index contributed by atoms with van der Waals surface area (Å²) in [7, 11) is 3.74. The van der Waals surface area contributed by atoms with Crippen molar-refractivity contribution >= 4 is 23.6 Å². The van der Waals surface area contributed by atoms with E-state index in [1.807, 2.05) is 32.8 Å². The molecule has 3 aliphatic heterocycles. The van der Waals surface area contributed by atoms with Gasteiger partial charge < -0.3 is 39.0 Å². The van der Waals surface area contributed by atoms with Crippen LogP contribution in [0.25, 0.3) is 0 Å². The highest BCUT2D eigenvalue weighted by Crippen LogP contribution is 2.39. The van der Waals surface area contributed by atoms with E-state index < -0.39 is 83.4 Å². The topological polar surface area (TPSA) is 150 Å². The molecule has 0 saturated carbocycles. The van der Waals surface area contributed by atoms with Crippen LogP contribution in [0, 0.1) is 23.7 Å². The lowest BCUT2D eigenvalue weighted by molar-refractivity contribution is -0.297. The van der Waals surface area contributed by atoms with Crippen LogP contribution in [0.1, 0.15) is 75.2 Å².